The van der Waals surface area contributed by atoms with Crippen molar-refractivity contribution in [3.63, 3.8) is 0 Å². The van der Waals surface area contributed by atoms with Crippen molar-refractivity contribution in [2.45, 2.75) is 20.3 Å². The monoisotopic (exact) mass is 128 g/mol. The molecule has 0 aliphatic rings. The summed E-state index contributed by atoms with van der Waals surface area (Å²) in [5, 5.41) is 1.13. The van der Waals surface area contributed by atoms with Crippen LogP contribution in [0.2, 0.25) is 0 Å². The minimum absolute atomic E-state index is 0.895. The molecule has 0 aliphatic heterocycles. The second-order valence-corrected chi connectivity index (χ2v) is 2.43. The number of hydrogen-bond acceptors (Lipinski definition) is 3. The van der Waals surface area contributed by atoms with Gasteiger partial charge in [-0.2, -0.15) is 4.37 Å². The number of rotatable bonds is 1. The van der Waals surface area contributed by atoms with E-state index in [0.29, 0.717) is 0 Å². The maximum Gasteiger partial charge on any atom is 0.139 e. The second-order valence-electron chi connectivity index (χ2n) is 1.59. The Morgan fingerprint density at radius 1 is 1.62 bits per heavy atom. The summed E-state index contributed by atoms with van der Waals surface area (Å²) in [6.45, 7) is 4.00. The predicted molar refractivity (Wildman–Crippen MR) is 34.0 cm³/mol. The predicted octanol–water partition coefficient (Wildman–Crippen LogP) is 1.41. The molecule has 8 heavy (non-hydrogen) atoms. The zero-order valence-corrected chi connectivity index (χ0v) is 5.83. The fraction of sp³-hybridized carbons (Fsp3) is 0.600. The molecule has 0 saturated carbocycles. The first kappa shape index (κ1) is 5.69. The maximum absolute atomic E-state index is 4.14. The molecule has 0 N–H and O–H groups in total. The van der Waals surface area contributed by atoms with Gasteiger partial charge in [-0.15, -0.1) is 0 Å². The molecule has 1 rings (SSSR count). The standard InChI is InChI=1S/C5H8N2S/c1-3-5-6-4(2)7-8-5/h3H2,1-2H3. The summed E-state index contributed by atoms with van der Waals surface area (Å²) in [6.07, 6.45) is 1.01. The molecule has 1 aromatic heterocycles. The summed E-state index contributed by atoms with van der Waals surface area (Å²) in [5.41, 5.74) is 0. The topological polar surface area (TPSA) is 25.8 Å². The van der Waals surface area contributed by atoms with Crippen LogP contribution in [0.15, 0.2) is 0 Å². The third-order valence-corrected chi connectivity index (χ3v) is 1.82. The summed E-state index contributed by atoms with van der Waals surface area (Å²) < 4.78 is 4.02. The molecule has 44 valence electrons. The lowest BCUT2D eigenvalue weighted by Gasteiger charge is -1.76. The van der Waals surface area contributed by atoms with Crippen molar-refractivity contribution < 1.29 is 0 Å². The molecule has 3 heteroatoms. The van der Waals surface area contributed by atoms with E-state index < -0.39 is 0 Å². The van der Waals surface area contributed by atoms with E-state index in [2.05, 4.69) is 16.3 Å². The molecule has 2 nitrogen and oxygen atoms in total. The van der Waals surface area contributed by atoms with Gasteiger partial charge < -0.3 is 0 Å². The van der Waals surface area contributed by atoms with Crippen molar-refractivity contribution in [1.82, 2.24) is 9.36 Å². The van der Waals surface area contributed by atoms with Gasteiger partial charge in [-0.25, -0.2) is 4.98 Å². The van der Waals surface area contributed by atoms with E-state index in [4.69, 9.17) is 0 Å². The number of aromatic nitrogens is 2. The van der Waals surface area contributed by atoms with Crippen molar-refractivity contribution >= 4 is 11.5 Å². The first-order chi connectivity index (χ1) is 3.83. The lowest BCUT2D eigenvalue weighted by Crippen LogP contribution is -1.76. The molecule has 0 radical (unpaired) electrons. The number of nitrogens with zero attached hydrogens (tertiary/aromatic N) is 2. The van der Waals surface area contributed by atoms with E-state index in [1.807, 2.05) is 6.92 Å². The zero-order chi connectivity index (χ0) is 5.98. The molecule has 0 aliphatic carbocycles. The molecular weight excluding hydrogens is 120 g/mol. The van der Waals surface area contributed by atoms with Crippen molar-refractivity contribution in [2.24, 2.45) is 0 Å². The fourth-order valence-corrected chi connectivity index (χ4v) is 1.06. The van der Waals surface area contributed by atoms with Crippen LogP contribution in [0.1, 0.15) is 17.8 Å². The van der Waals surface area contributed by atoms with Crippen LogP contribution in [0.5, 0.6) is 0 Å². The SMILES string of the molecule is CCc1nc(C)ns1. The first-order valence-electron chi connectivity index (χ1n) is 2.62. The highest BCUT2D eigenvalue weighted by atomic mass is 32.1. The van der Waals surface area contributed by atoms with Gasteiger partial charge in [-0.05, 0) is 24.9 Å². The highest BCUT2D eigenvalue weighted by molar-refractivity contribution is 7.05. The van der Waals surface area contributed by atoms with E-state index >= 15 is 0 Å². The van der Waals surface area contributed by atoms with Gasteiger partial charge in [-0.3, -0.25) is 0 Å². The molecular formula is C5H8N2S. The number of hydrogen-bond donors (Lipinski definition) is 0. The van der Waals surface area contributed by atoms with E-state index in [9.17, 15) is 0 Å². The highest BCUT2D eigenvalue weighted by Crippen LogP contribution is 2.02. The third-order valence-electron chi connectivity index (χ3n) is 0.872. The lowest BCUT2D eigenvalue weighted by atomic mass is 10.5. The molecule has 0 unspecified atom stereocenters. The molecule has 0 saturated heterocycles. The van der Waals surface area contributed by atoms with Gasteiger partial charge in [0.2, 0.25) is 0 Å². The summed E-state index contributed by atoms with van der Waals surface area (Å²) in [7, 11) is 0. The Balaban J connectivity index is 2.84. The average Bonchev–Trinajstić information content (AvgIpc) is 2.14. The largest absolute Gasteiger partial charge is 0.225 e. The first-order valence-corrected chi connectivity index (χ1v) is 3.39. The average molecular weight is 128 g/mol. The van der Waals surface area contributed by atoms with Crippen LogP contribution in [0.4, 0.5) is 0 Å². The molecule has 0 atom stereocenters. The Kier molecular flexibility index (Phi) is 1.58. The summed E-state index contributed by atoms with van der Waals surface area (Å²) in [6, 6.07) is 0. The molecule has 0 fully saturated rings. The van der Waals surface area contributed by atoms with E-state index in [-0.39, 0.29) is 0 Å². The molecule has 0 spiro atoms. The molecule has 0 amide bonds. The highest BCUT2D eigenvalue weighted by Gasteiger charge is 1.93. The lowest BCUT2D eigenvalue weighted by molar-refractivity contribution is 1.05. The molecule has 1 heterocycles. The minimum Gasteiger partial charge on any atom is -0.225 e. The van der Waals surface area contributed by atoms with E-state index in [1.54, 1.807) is 0 Å². The van der Waals surface area contributed by atoms with E-state index in [1.165, 1.54) is 11.5 Å². The molecule has 1 aromatic rings. The van der Waals surface area contributed by atoms with Crippen LogP contribution in [0.3, 0.4) is 0 Å². The Morgan fingerprint density at radius 2 is 2.38 bits per heavy atom. The van der Waals surface area contributed by atoms with Crippen molar-refractivity contribution in [3.8, 4) is 0 Å². The van der Waals surface area contributed by atoms with Crippen molar-refractivity contribution in [2.75, 3.05) is 0 Å². The van der Waals surface area contributed by atoms with Gasteiger partial charge in [0.25, 0.3) is 0 Å². The summed E-state index contributed by atoms with van der Waals surface area (Å²) in [4.78, 5) is 4.14. The Bertz CT molecular complexity index is 171. The third kappa shape index (κ3) is 1.04. The van der Waals surface area contributed by atoms with Gasteiger partial charge >= 0.3 is 0 Å². The quantitative estimate of drug-likeness (QED) is 0.571. The van der Waals surface area contributed by atoms with Crippen LogP contribution in [-0.4, -0.2) is 9.36 Å². The maximum atomic E-state index is 4.14. The van der Waals surface area contributed by atoms with Gasteiger partial charge in [-0.1, -0.05) is 6.92 Å². The number of aryl methyl sites for hydroxylation is 2. The van der Waals surface area contributed by atoms with Gasteiger partial charge in [0, 0.05) is 0 Å². The normalized spacial score (nSPS) is 9.75. The van der Waals surface area contributed by atoms with Crippen LogP contribution in [0.25, 0.3) is 0 Å². The van der Waals surface area contributed by atoms with Crippen LogP contribution in [0, 0.1) is 6.92 Å². The van der Waals surface area contributed by atoms with Crippen molar-refractivity contribution in [3.05, 3.63) is 10.8 Å². The van der Waals surface area contributed by atoms with Gasteiger partial charge in [0.15, 0.2) is 0 Å². The minimum atomic E-state index is 0.895. The van der Waals surface area contributed by atoms with Gasteiger partial charge in [0.1, 0.15) is 10.8 Å². The smallest absolute Gasteiger partial charge is 0.139 e. The van der Waals surface area contributed by atoms with Crippen LogP contribution >= 0.6 is 11.5 Å². The molecule has 0 aromatic carbocycles. The Hall–Kier alpha value is -0.440. The fourth-order valence-electron chi connectivity index (χ4n) is 0.484. The van der Waals surface area contributed by atoms with Gasteiger partial charge in [0.05, 0.1) is 0 Å². The Morgan fingerprint density at radius 3 is 2.62 bits per heavy atom. The molecule has 0 bridgehead atoms. The van der Waals surface area contributed by atoms with Crippen LogP contribution in [-0.2, 0) is 6.42 Å². The Labute approximate surface area is 52.7 Å². The van der Waals surface area contributed by atoms with E-state index in [0.717, 1.165) is 17.3 Å². The summed E-state index contributed by atoms with van der Waals surface area (Å²) >= 11 is 1.49. The summed E-state index contributed by atoms with van der Waals surface area (Å²) in [5.74, 6) is 0.895. The van der Waals surface area contributed by atoms with Crippen molar-refractivity contribution in [1.29, 1.82) is 0 Å². The van der Waals surface area contributed by atoms with Crippen LogP contribution < -0.4 is 0 Å². The second kappa shape index (κ2) is 2.22. The zero-order valence-electron chi connectivity index (χ0n) is 5.01.